The van der Waals surface area contributed by atoms with Crippen molar-refractivity contribution in [2.45, 2.75) is 88.9 Å². The summed E-state index contributed by atoms with van der Waals surface area (Å²) in [6.45, 7) is 2.26. The molecule has 1 saturated heterocycles. The molecule has 2 unspecified atom stereocenters. The van der Waals surface area contributed by atoms with Crippen LogP contribution in [0.25, 0.3) is 0 Å². The van der Waals surface area contributed by atoms with E-state index in [0.29, 0.717) is 5.56 Å². The van der Waals surface area contributed by atoms with Crippen molar-refractivity contribution in [3.05, 3.63) is 59.7 Å². The molecular weight excluding hydrogens is 348 g/mol. The molecule has 0 bridgehead atoms. The normalized spacial score (nSPS) is 25.3. The molecule has 3 nitrogen and oxygen atoms in total. The van der Waals surface area contributed by atoms with Crippen molar-refractivity contribution in [3.63, 3.8) is 0 Å². The Balaban J connectivity index is 1.41. The van der Waals surface area contributed by atoms with E-state index in [4.69, 9.17) is 4.74 Å². The summed E-state index contributed by atoms with van der Waals surface area (Å²) in [6.07, 6.45) is 19.4. The summed E-state index contributed by atoms with van der Waals surface area (Å²) in [7, 11) is 0. The van der Waals surface area contributed by atoms with Crippen molar-refractivity contribution in [3.8, 4) is 0 Å². The Morgan fingerprint density at radius 2 is 1.54 bits per heavy atom. The summed E-state index contributed by atoms with van der Waals surface area (Å²) in [4.78, 5) is 12.9. The van der Waals surface area contributed by atoms with Gasteiger partial charge in [-0.3, -0.25) is 4.79 Å². The predicted octanol–water partition coefficient (Wildman–Crippen LogP) is 6.13. The molecule has 152 valence electrons. The van der Waals surface area contributed by atoms with Crippen LogP contribution in [0.5, 0.6) is 0 Å². The highest BCUT2D eigenvalue weighted by Gasteiger charge is 2.73. The van der Waals surface area contributed by atoms with Gasteiger partial charge in [-0.25, -0.2) is 0 Å². The molecule has 1 fully saturated rings. The van der Waals surface area contributed by atoms with Gasteiger partial charge in [0.15, 0.2) is 0 Å². The van der Waals surface area contributed by atoms with Crippen LogP contribution >= 0.6 is 0 Å². The van der Waals surface area contributed by atoms with E-state index < -0.39 is 11.4 Å². The first-order valence-electron chi connectivity index (χ1n) is 11.0. The summed E-state index contributed by atoms with van der Waals surface area (Å²) < 4.78 is 5.54. The number of carbonyl (C=O) groups excluding carboxylic acids is 1. The zero-order valence-corrected chi connectivity index (χ0v) is 17.2. The number of hydrogen-bond donors (Lipinski definition) is 1. The van der Waals surface area contributed by atoms with Crippen molar-refractivity contribution in [1.29, 1.82) is 0 Å². The molecule has 0 aromatic heterocycles. The summed E-state index contributed by atoms with van der Waals surface area (Å²) in [5.74, 6) is -1.64. The molecule has 1 N–H and O–H groups in total. The number of allylic oxidation sites excluding steroid dienone is 2. The molecule has 2 atom stereocenters. The van der Waals surface area contributed by atoms with Gasteiger partial charge in [-0.1, -0.05) is 101 Å². The van der Waals surface area contributed by atoms with Gasteiger partial charge in [0.25, 0.3) is 0 Å². The third-order valence-electron chi connectivity index (χ3n) is 5.91. The number of ketones is 1. The lowest BCUT2D eigenvalue weighted by atomic mass is 9.85. The second-order valence-corrected chi connectivity index (χ2v) is 8.21. The number of fused-ring (bicyclic) bond motifs is 1. The van der Waals surface area contributed by atoms with E-state index in [1.54, 1.807) is 18.2 Å². The van der Waals surface area contributed by atoms with Gasteiger partial charge in [-0.05, 0) is 30.6 Å². The van der Waals surface area contributed by atoms with E-state index in [9.17, 15) is 9.90 Å². The van der Waals surface area contributed by atoms with Gasteiger partial charge in [-0.15, -0.1) is 0 Å². The number of unbranched alkanes of at least 4 members (excludes halogenated alkanes) is 9. The third-order valence-corrected chi connectivity index (χ3v) is 5.91. The molecule has 1 aliphatic heterocycles. The number of rotatable bonds is 13. The molecule has 0 radical (unpaired) electrons. The van der Waals surface area contributed by atoms with Gasteiger partial charge < -0.3 is 9.84 Å². The molecule has 1 aliphatic carbocycles. The summed E-state index contributed by atoms with van der Waals surface area (Å²) >= 11 is 0. The average Bonchev–Trinajstić information content (AvgIpc) is 3.36. The topological polar surface area (TPSA) is 49.8 Å². The molecule has 2 aliphatic rings. The second kappa shape index (κ2) is 9.67. The number of carbonyl (C=O) groups is 1. The van der Waals surface area contributed by atoms with Crippen LogP contribution in [0.1, 0.15) is 87.9 Å². The first-order chi connectivity index (χ1) is 13.6. The van der Waals surface area contributed by atoms with Crippen LogP contribution in [0.3, 0.4) is 0 Å². The van der Waals surface area contributed by atoms with E-state index >= 15 is 0 Å². The first-order valence-corrected chi connectivity index (χ1v) is 11.0. The Labute approximate surface area is 169 Å². The van der Waals surface area contributed by atoms with Crippen molar-refractivity contribution in [1.82, 2.24) is 0 Å². The molecule has 0 amide bonds. The number of epoxide rings is 1. The quantitative estimate of drug-likeness (QED) is 0.253. The minimum absolute atomic E-state index is 0.166. The number of aliphatic hydroxyl groups is 1. The number of benzene rings is 1. The maximum absolute atomic E-state index is 12.9. The Hall–Kier alpha value is -1.71. The Morgan fingerprint density at radius 3 is 2.18 bits per heavy atom. The van der Waals surface area contributed by atoms with E-state index in [-0.39, 0.29) is 5.78 Å². The smallest absolute Gasteiger partial charge is 0.228 e. The molecule has 3 heteroatoms. The third kappa shape index (κ3) is 4.82. The Morgan fingerprint density at radius 1 is 0.929 bits per heavy atom. The maximum Gasteiger partial charge on any atom is 0.228 e. The van der Waals surface area contributed by atoms with Gasteiger partial charge >= 0.3 is 0 Å². The van der Waals surface area contributed by atoms with Crippen LogP contribution in [0.4, 0.5) is 0 Å². The Bertz CT molecular complexity index is 706. The molecule has 3 rings (SSSR count). The van der Waals surface area contributed by atoms with Crippen LogP contribution in [-0.2, 0) is 4.74 Å². The second-order valence-electron chi connectivity index (χ2n) is 8.21. The van der Waals surface area contributed by atoms with Gasteiger partial charge in [-0.2, -0.15) is 0 Å². The Kier molecular flexibility index (Phi) is 7.25. The lowest BCUT2D eigenvalue weighted by molar-refractivity contribution is 0.0825. The largest absolute Gasteiger partial charge is 0.359 e. The number of Topliss-reactive ketones (excluding diaryl/α,β-unsaturated/α-hetero) is 1. The van der Waals surface area contributed by atoms with E-state index in [0.717, 1.165) is 18.4 Å². The van der Waals surface area contributed by atoms with Crippen LogP contribution in [0, 0.1) is 0 Å². The fourth-order valence-corrected chi connectivity index (χ4v) is 4.09. The van der Waals surface area contributed by atoms with Crippen molar-refractivity contribution >= 4 is 5.78 Å². The van der Waals surface area contributed by atoms with Crippen molar-refractivity contribution < 1.29 is 14.6 Å². The van der Waals surface area contributed by atoms with E-state index in [1.165, 1.54) is 57.8 Å². The highest BCUT2D eigenvalue weighted by atomic mass is 16.8. The van der Waals surface area contributed by atoms with E-state index in [1.807, 2.05) is 30.4 Å². The SMILES string of the molecule is CCCCCCCCCCCCC1=CC2(C(=O)c3ccccc3)OC2(O)C=C1. The fraction of sp³-hybridized carbons (Fsp3) is 0.560. The van der Waals surface area contributed by atoms with Crippen LogP contribution in [0.15, 0.2) is 54.1 Å². The molecule has 28 heavy (non-hydrogen) atoms. The zero-order valence-electron chi connectivity index (χ0n) is 17.2. The van der Waals surface area contributed by atoms with Crippen LogP contribution in [0.2, 0.25) is 0 Å². The highest BCUT2D eigenvalue weighted by Crippen LogP contribution is 2.53. The summed E-state index contributed by atoms with van der Waals surface area (Å²) in [6, 6.07) is 9.08. The minimum atomic E-state index is -1.47. The maximum atomic E-state index is 12.9. The van der Waals surface area contributed by atoms with Crippen molar-refractivity contribution in [2.75, 3.05) is 0 Å². The molecule has 1 aromatic carbocycles. The lowest BCUT2D eigenvalue weighted by Gasteiger charge is -2.15. The zero-order chi connectivity index (χ0) is 19.9. The van der Waals surface area contributed by atoms with Gasteiger partial charge in [0.1, 0.15) is 0 Å². The van der Waals surface area contributed by atoms with Gasteiger partial charge in [0.2, 0.25) is 17.2 Å². The first kappa shape index (κ1) is 21.0. The fourth-order valence-electron chi connectivity index (χ4n) is 4.09. The average molecular weight is 383 g/mol. The standard InChI is InChI=1S/C25H34O3/c1-2-3-4-5-6-7-8-9-10-12-15-21-18-19-25(27)24(20-21,28-25)23(26)22-16-13-11-14-17-22/h11,13-14,16-20,27H,2-10,12,15H2,1H3. The van der Waals surface area contributed by atoms with Crippen molar-refractivity contribution in [2.24, 2.45) is 0 Å². The molecule has 1 aromatic rings. The predicted molar refractivity (Wildman–Crippen MR) is 113 cm³/mol. The monoisotopic (exact) mass is 382 g/mol. The molecule has 1 heterocycles. The van der Waals surface area contributed by atoms with Crippen LogP contribution < -0.4 is 0 Å². The van der Waals surface area contributed by atoms with Gasteiger partial charge in [0.05, 0.1) is 0 Å². The summed E-state index contributed by atoms with van der Waals surface area (Å²) in [5.41, 5.74) is 0.436. The van der Waals surface area contributed by atoms with Crippen LogP contribution in [-0.4, -0.2) is 22.3 Å². The van der Waals surface area contributed by atoms with Gasteiger partial charge in [0, 0.05) is 5.56 Å². The highest BCUT2D eigenvalue weighted by molar-refractivity contribution is 6.07. The minimum Gasteiger partial charge on any atom is -0.359 e. The molecule has 0 saturated carbocycles. The summed E-state index contributed by atoms with van der Waals surface area (Å²) in [5, 5.41) is 10.5. The lowest BCUT2D eigenvalue weighted by Crippen LogP contribution is -2.33. The van der Waals surface area contributed by atoms with E-state index in [2.05, 4.69) is 6.92 Å². The number of ether oxygens (including phenoxy) is 1. The molecule has 0 spiro atoms. The molecular formula is C25H34O3. The number of hydrogen-bond acceptors (Lipinski definition) is 3.